The Kier molecular flexibility index (Phi) is 28.7. The lowest BCUT2D eigenvalue weighted by Crippen LogP contribution is -2.61. The topological polar surface area (TPSA) is 438 Å². The zero-order valence-corrected chi connectivity index (χ0v) is 56.7. The molecule has 2 aromatic heterocycles. The first-order valence-corrected chi connectivity index (χ1v) is 33.3. The number of carbonyl (C=O) groups is 9. The summed E-state index contributed by atoms with van der Waals surface area (Å²) in [7, 11) is 0. The largest absolute Gasteiger partial charge is 0.481 e. The van der Waals surface area contributed by atoms with Gasteiger partial charge >= 0.3 is 18.0 Å². The van der Waals surface area contributed by atoms with Crippen molar-refractivity contribution < 1.29 is 107 Å². The predicted octanol–water partition coefficient (Wildman–Crippen LogP) is 1.71. The van der Waals surface area contributed by atoms with Gasteiger partial charge in [0, 0.05) is 66.9 Å². The Labute approximate surface area is 571 Å². The number of ether oxygens (including phenoxy) is 7. The fourth-order valence-corrected chi connectivity index (χ4v) is 11.7. The smallest absolute Gasteiger partial charge is 0.410 e. The van der Waals surface area contributed by atoms with Gasteiger partial charge in [0.2, 0.25) is 35.8 Å². The summed E-state index contributed by atoms with van der Waals surface area (Å²) in [6.45, 7) is 13.3. The molecule has 4 heterocycles. The molecule has 7 rings (SSSR count). The molecular formula is C68H92N8O23. The van der Waals surface area contributed by atoms with Gasteiger partial charge < -0.3 is 99.8 Å². The van der Waals surface area contributed by atoms with Crippen molar-refractivity contribution in [2.75, 3.05) is 71.3 Å². The zero-order valence-electron chi connectivity index (χ0n) is 56.7. The molecule has 1 saturated heterocycles. The number of aliphatic hydroxyl groups excluding tert-OH is 3. The van der Waals surface area contributed by atoms with Crippen LogP contribution in [-0.4, -0.2) is 219 Å². The zero-order chi connectivity index (χ0) is 72.3. The number of ketones is 1. The van der Waals surface area contributed by atoms with Crippen LogP contribution >= 0.6 is 0 Å². The average molecular weight is 1390 g/mol. The summed E-state index contributed by atoms with van der Waals surface area (Å²) in [4.78, 5) is 136. The highest BCUT2D eigenvalue weighted by molar-refractivity contribution is 5.99. The average Bonchev–Trinajstić information content (AvgIpc) is 1.63. The molecular weight excluding hydrogens is 1300 g/mol. The molecule has 0 radical (unpaired) electrons. The Balaban J connectivity index is 0.897. The first-order valence-electron chi connectivity index (χ1n) is 33.3. The predicted molar refractivity (Wildman–Crippen MR) is 353 cm³/mol. The number of aliphatic carboxylic acids is 2. The van der Waals surface area contributed by atoms with Gasteiger partial charge in [-0.2, -0.15) is 0 Å². The number of anilines is 1. The Morgan fingerprint density at radius 1 is 0.747 bits per heavy atom. The molecule has 6 amide bonds. The van der Waals surface area contributed by atoms with Crippen LogP contribution in [0.25, 0.3) is 22.3 Å². The number of nitrogens with zero attached hydrogens (tertiary/aromatic N) is 3. The minimum atomic E-state index is -2.06. The van der Waals surface area contributed by atoms with Crippen molar-refractivity contribution in [3.8, 4) is 17.1 Å². The Morgan fingerprint density at radius 2 is 1.41 bits per heavy atom. The van der Waals surface area contributed by atoms with E-state index in [4.69, 9.17) is 43.2 Å². The molecule has 9 atom stereocenters. The van der Waals surface area contributed by atoms with Crippen molar-refractivity contribution in [2.24, 2.45) is 5.92 Å². The minimum Gasteiger partial charge on any atom is -0.481 e. The van der Waals surface area contributed by atoms with Crippen LogP contribution in [0.5, 0.6) is 5.75 Å². The number of hydrogen-bond acceptors (Lipinski definition) is 22. The number of carboxylic acid groups (broad SMARTS) is 2. The van der Waals surface area contributed by atoms with Gasteiger partial charge in [0.1, 0.15) is 54.4 Å². The van der Waals surface area contributed by atoms with Gasteiger partial charge in [-0.25, -0.2) is 14.6 Å². The number of amides is 6. The van der Waals surface area contributed by atoms with Crippen molar-refractivity contribution in [1.82, 2.24) is 35.7 Å². The quantitative estimate of drug-likeness (QED) is 0.0251. The first-order chi connectivity index (χ1) is 47.2. The number of Topliss-reactive ketones (excluding diaryl/α,β-unsaturated/α-hetero) is 1. The Hall–Kier alpha value is -8.53. The van der Waals surface area contributed by atoms with E-state index in [1.54, 1.807) is 45.3 Å². The fourth-order valence-electron chi connectivity index (χ4n) is 11.7. The third kappa shape index (κ3) is 20.3. The van der Waals surface area contributed by atoms with E-state index in [2.05, 4.69) is 26.6 Å². The number of carbonyl (C=O) groups excluding carboxylic acids is 7. The van der Waals surface area contributed by atoms with Crippen LogP contribution in [0.2, 0.25) is 0 Å². The fraction of sp³-hybridized carbons (Fsp3) is 0.574. The molecule has 542 valence electrons. The summed E-state index contributed by atoms with van der Waals surface area (Å²) in [5.41, 5.74) is 1.91. The highest BCUT2D eigenvalue weighted by Gasteiger charge is 2.49. The van der Waals surface area contributed by atoms with E-state index in [9.17, 15) is 73.5 Å². The number of para-hydroxylation sites is 1. The molecule has 4 aromatic rings. The normalized spacial score (nSPS) is 19.4. The second-order valence-corrected chi connectivity index (χ2v) is 25.0. The molecule has 1 aliphatic carbocycles. The van der Waals surface area contributed by atoms with E-state index in [1.807, 2.05) is 31.2 Å². The van der Waals surface area contributed by atoms with Crippen molar-refractivity contribution in [1.29, 1.82) is 0 Å². The monoisotopic (exact) mass is 1390 g/mol. The highest BCUT2D eigenvalue weighted by Crippen LogP contribution is 2.41. The SMILES string of the molecule is CCCC(=O)N[C@@H](CCC(=O)O)C(=O)NCCOCCOCCOCCOCCC(=O)N[C@H](C(=O)N[C@@H](C)C(=O)Nc1ccc(COC(=O)N(CCc2c3c(nc4ccccc24)-c2cc4c(c(=O)n2C3)CCC(=O)[C@]4(O)CC)C(C)C)cc1O[C@@H]1O[C@H](C(=O)O)[C@@H](O)[C@H](O)[C@H]1O)C(C)C. The van der Waals surface area contributed by atoms with E-state index >= 15 is 0 Å². The number of rotatable bonds is 38. The molecule has 1 fully saturated rings. The number of pyridine rings is 2. The van der Waals surface area contributed by atoms with Crippen LogP contribution < -0.4 is 36.9 Å². The third-order valence-electron chi connectivity index (χ3n) is 17.2. The van der Waals surface area contributed by atoms with Crippen LogP contribution in [0.1, 0.15) is 121 Å². The number of hydrogen-bond donors (Lipinski definition) is 11. The Morgan fingerprint density at radius 3 is 2.06 bits per heavy atom. The molecule has 0 spiro atoms. The number of aliphatic hydroxyl groups is 4. The molecule has 0 saturated carbocycles. The number of benzene rings is 2. The lowest BCUT2D eigenvalue weighted by atomic mass is 9.77. The van der Waals surface area contributed by atoms with Crippen LogP contribution in [0.4, 0.5) is 10.5 Å². The second-order valence-electron chi connectivity index (χ2n) is 25.0. The van der Waals surface area contributed by atoms with Crippen molar-refractivity contribution in [2.45, 2.75) is 180 Å². The maximum atomic E-state index is 14.2. The number of fused-ring (bicyclic) bond motifs is 5. The molecule has 0 bridgehead atoms. The molecule has 31 nitrogen and oxygen atoms in total. The van der Waals surface area contributed by atoms with Crippen LogP contribution in [0.3, 0.4) is 0 Å². The highest BCUT2D eigenvalue weighted by atomic mass is 16.7. The second kappa shape index (κ2) is 36.5. The van der Waals surface area contributed by atoms with E-state index in [1.165, 1.54) is 30.0 Å². The van der Waals surface area contributed by atoms with E-state index < -0.39 is 115 Å². The van der Waals surface area contributed by atoms with Crippen LogP contribution in [0, 0.1) is 5.92 Å². The van der Waals surface area contributed by atoms with Crippen LogP contribution in [0.15, 0.2) is 53.3 Å². The summed E-state index contributed by atoms with van der Waals surface area (Å²) in [5.74, 6) is -6.74. The Bertz CT molecular complexity index is 3600. The number of carboxylic acids is 2. The maximum Gasteiger partial charge on any atom is 0.410 e. The maximum absolute atomic E-state index is 14.2. The minimum absolute atomic E-state index is 0.0109. The molecule has 99 heavy (non-hydrogen) atoms. The number of aromatic nitrogens is 2. The summed E-state index contributed by atoms with van der Waals surface area (Å²) in [5, 5.41) is 76.2. The van der Waals surface area contributed by atoms with Gasteiger partial charge in [-0.1, -0.05) is 52.0 Å². The van der Waals surface area contributed by atoms with E-state index in [0.29, 0.717) is 34.5 Å². The van der Waals surface area contributed by atoms with Gasteiger partial charge in [-0.3, -0.25) is 38.4 Å². The standard InChI is InChI=1S/C68H92N8O23/c1-8-12-52(78)71-48(18-20-54(80)81)62(86)69-23-26-94-28-30-96-32-31-95-29-27-93-25-22-53(79)74-55(37(3)4)63(87)70-39(7)61(85)73-47-17-15-40(33-50(47)98-66-59(84)57(82)58(83)60(99-66)65(89)90)36-97-67(91)75(38(5)6)24-21-41-42-13-10-11-14-46(42)72-56-44(41)35-76-49(56)34-45-43(64(76)88)16-19-51(77)68(45,92)9-2/h10-11,13-15,17,33-34,37-39,48,55,57-60,66,82-84,92H,8-9,12,16,18-32,35-36H2,1-7H3,(H,69,86)(H,70,87)(H,71,78)(H,73,85)(H,74,79)(H,80,81)(H,89,90)/t39-,48-,55-,57-,58-,59+,60-,66+,68-/m0/s1. The van der Waals surface area contributed by atoms with Gasteiger partial charge in [0.05, 0.1) is 82.0 Å². The molecule has 3 aliphatic rings. The van der Waals surface area contributed by atoms with Crippen molar-refractivity contribution in [3.63, 3.8) is 0 Å². The summed E-state index contributed by atoms with van der Waals surface area (Å²) >= 11 is 0. The summed E-state index contributed by atoms with van der Waals surface area (Å²) < 4.78 is 40.8. The lowest BCUT2D eigenvalue weighted by molar-refractivity contribution is -0.271. The summed E-state index contributed by atoms with van der Waals surface area (Å²) in [6, 6.07) is 9.50. The van der Waals surface area contributed by atoms with Gasteiger partial charge in [0.25, 0.3) is 5.56 Å². The van der Waals surface area contributed by atoms with Gasteiger partial charge in [-0.15, -0.1) is 0 Å². The molecule has 31 heteroatoms. The molecule has 11 N–H and O–H groups in total. The first kappa shape index (κ1) is 77.8. The molecule has 2 aliphatic heterocycles. The van der Waals surface area contributed by atoms with Crippen molar-refractivity contribution >= 4 is 69.9 Å². The van der Waals surface area contributed by atoms with E-state index in [0.717, 1.165) is 16.5 Å². The van der Waals surface area contributed by atoms with E-state index in [-0.39, 0.29) is 158 Å². The third-order valence-corrected chi connectivity index (χ3v) is 17.2. The summed E-state index contributed by atoms with van der Waals surface area (Å²) in [6.07, 6.45) is -9.93. The van der Waals surface area contributed by atoms with Gasteiger partial charge in [-0.05, 0) is 94.2 Å². The van der Waals surface area contributed by atoms with Crippen molar-refractivity contribution in [3.05, 3.63) is 86.7 Å². The molecule has 2 aromatic carbocycles. The van der Waals surface area contributed by atoms with Crippen LogP contribution in [-0.2, 0) is 98.4 Å². The van der Waals surface area contributed by atoms with Gasteiger partial charge in [0.15, 0.2) is 11.9 Å². The lowest BCUT2D eigenvalue weighted by Gasteiger charge is -2.38. The number of nitrogens with one attached hydrogen (secondary N) is 5. The molecule has 0 unspecified atom stereocenters.